The van der Waals surface area contributed by atoms with Gasteiger partial charge in [-0.05, 0) is 75.6 Å². The van der Waals surface area contributed by atoms with E-state index in [1.54, 1.807) is 42.6 Å². The van der Waals surface area contributed by atoms with Crippen molar-refractivity contribution in [3.8, 4) is 22.9 Å². The van der Waals surface area contributed by atoms with E-state index in [9.17, 15) is 40.8 Å². The van der Waals surface area contributed by atoms with Crippen LogP contribution in [0.5, 0.6) is 11.5 Å². The third-order valence-electron chi connectivity index (χ3n) is 13.0. The molecule has 4 fully saturated rings. The molecule has 1 aromatic carbocycles. The molecular weight excluding hydrogens is 865 g/mol. The van der Waals surface area contributed by atoms with Crippen LogP contribution in [-0.2, 0) is 29.2 Å². The number of carbonyl (C=O) groups excluding carboxylic acids is 4. The van der Waals surface area contributed by atoms with Crippen LogP contribution < -0.4 is 19.5 Å². The summed E-state index contributed by atoms with van der Waals surface area (Å²) < 4.78 is 80.7. The Balaban J connectivity index is 1.12. The second-order valence-electron chi connectivity index (χ2n) is 17.3. The van der Waals surface area contributed by atoms with Crippen LogP contribution in [0.1, 0.15) is 77.0 Å². The van der Waals surface area contributed by atoms with Gasteiger partial charge in [0.15, 0.2) is 0 Å². The molecule has 0 bridgehead atoms. The number of fused-ring (bicyclic) bond motifs is 3. The summed E-state index contributed by atoms with van der Waals surface area (Å²) >= 11 is 6.79. The molecule has 63 heavy (non-hydrogen) atoms. The molecule has 4 amide bonds. The van der Waals surface area contributed by atoms with E-state index in [-0.39, 0.29) is 56.8 Å². The number of amides is 4. The first-order valence-electron chi connectivity index (χ1n) is 21.5. The van der Waals surface area contributed by atoms with Gasteiger partial charge in [0.25, 0.3) is 5.91 Å². The highest BCUT2D eigenvalue weighted by atomic mass is 35.5. The maximum Gasteiger partial charge on any atom is 0.391 e. The lowest BCUT2D eigenvalue weighted by molar-refractivity contribution is -0.186. The first-order valence-corrected chi connectivity index (χ1v) is 23.5. The lowest BCUT2D eigenvalue weighted by Crippen LogP contribution is -2.57. The molecule has 2 saturated heterocycles. The van der Waals surface area contributed by atoms with E-state index in [0.29, 0.717) is 72.3 Å². The number of hydrogen-bond acceptors (Lipinski definition) is 10. The highest BCUT2D eigenvalue weighted by molar-refractivity contribution is 7.91. The molecular formula is C44H50ClF3N6O8S. The van der Waals surface area contributed by atoms with Crippen LogP contribution in [0.25, 0.3) is 22.3 Å². The normalized spacial score (nSPS) is 26.2. The van der Waals surface area contributed by atoms with Crippen LogP contribution in [0.3, 0.4) is 0 Å². The van der Waals surface area contributed by atoms with E-state index in [4.69, 9.17) is 26.1 Å². The third-order valence-corrected chi connectivity index (χ3v) is 15.2. The zero-order valence-corrected chi connectivity index (χ0v) is 36.3. The number of nitrogens with zero attached hydrogens (tertiary/aromatic N) is 4. The van der Waals surface area contributed by atoms with Crippen molar-refractivity contribution in [2.45, 2.75) is 106 Å². The molecule has 5 heterocycles. The zero-order valence-electron chi connectivity index (χ0n) is 34.7. The number of halogens is 4. The highest BCUT2D eigenvalue weighted by Crippen LogP contribution is 2.47. The molecule has 5 aliphatic rings. The number of methoxy groups -OCH3 is 1. The molecule has 2 saturated carbocycles. The van der Waals surface area contributed by atoms with Gasteiger partial charge in [-0.1, -0.05) is 42.7 Å². The van der Waals surface area contributed by atoms with Gasteiger partial charge in [0.1, 0.15) is 34.2 Å². The Labute approximate surface area is 368 Å². The van der Waals surface area contributed by atoms with Gasteiger partial charge in [-0.2, -0.15) is 13.2 Å². The van der Waals surface area contributed by atoms with Crippen molar-refractivity contribution in [1.82, 2.24) is 29.8 Å². The number of alkyl halides is 3. The Morgan fingerprint density at radius 2 is 1.79 bits per heavy atom. The van der Waals surface area contributed by atoms with Gasteiger partial charge in [-0.15, -0.1) is 0 Å². The molecule has 2 N–H and O–H groups in total. The third kappa shape index (κ3) is 9.61. The minimum absolute atomic E-state index is 0.0472. The van der Waals surface area contributed by atoms with Gasteiger partial charge >= 0.3 is 6.18 Å². The number of sulfonamides is 1. The monoisotopic (exact) mass is 914 g/mol. The molecule has 2 aliphatic carbocycles. The number of carbonyl (C=O) groups is 4. The van der Waals surface area contributed by atoms with Gasteiger partial charge in [-0.3, -0.25) is 28.9 Å². The fourth-order valence-electron chi connectivity index (χ4n) is 9.06. The number of rotatable bonds is 9. The first-order chi connectivity index (χ1) is 30.1. The summed E-state index contributed by atoms with van der Waals surface area (Å²) in [6, 6.07) is 9.20. The van der Waals surface area contributed by atoms with Crippen LogP contribution in [0.2, 0.25) is 5.02 Å². The molecule has 8 rings (SSSR count). The molecule has 338 valence electrons. The van der Waals surface area contributed by atoms with Crippen molar-refractivity contribution in [1.29, 1.82) is 0 Å². The number of allylic oxidation sites excluding steroid dienone is 1. The van der Waals surface area contributed by atoms with Crippen molar-refractivity contribution >= 4 is 56.2 Å². The summed E-state index contributed by atoms with van der Waals surface area (Å²) in [5, 5.41) is 2.92. The molecule has 3 aromatic rings. The summed E-state index contributed by atoms with van der Waals surface area (Å²) in [6.07, 6.45) is 3.32. The summed E-state index contributed by atoms with van der Waals surface area (Å²) in [6.45, 7) is -0.276. The van der Waals surface area contributed by atoms with Gasteiger partial charge in [-0.25, -0.2) is 13.4 Å². The first kappa shape index (κ1) is 44.6. The molecule has 19 heteroatoms. The van der Waals surface area contributed by atoms with Crippen LogP contribution in [0, 0.1) is 17.8 Å². The number of hydrogen-bond donors (Lipinski definition) is 2. The Kier molecular flexibility index (Phi) is 12.7. The van der Waals surface area contributed by atoms with Gasteiger partial charge in [0.2, 0.25) is 27.7 Å². The number of pyridine rings is 2. The average Bonchev–Trinajstić information content (AvgIpc) is 4.19. The molecule has 0 unspecified atom stereocenters. The molecule has 2 aromatic heterocycles. The highest BCUT2D eigenvalue weighted by Gasteiger charge is 2.62. The van der Waals surface area contributed by atoms with Crippen LogP contribution in [-0.4, -0.2) is 108 Å². The number of piperidine rings is 1. The molecule has 0 spiro atoms. The van der Waals surface area contributed by atoms with Gasteiger partial charge in [0, 0.05) is 55.4 Å². The Morgan fingerprint density at radius 3 is 2.49 bits per heavy atom. The van der Waals surface area contributed by atoms with E-state index < -0.39 is 80.5 Å². The summed E-state index contributed by atoms with van der Waals surface area (Å²) in [4.78, 5) is 69.2. The Bertz CT molecular complexity index is 2400. The molecule has 0 radical (unpaired) electrons. The van der Waals surface area contributed by atoms with Crippen LogP contribution in [0.15, 0.2) is 54.7 Å². The minimum atomic E-state index is -4.36. The Hall–Kier alpha value is -4.97. The topological polar surface area (TPSA) is 177 Å². The number of ether oxygens (including phenoxy) is 2. The van der Waals surface area contributed by atoms with E-state index >= 15 is 0 Å². The van der Waals surface area contributed by atoms with E-state index in [1.807, 2.05) is 12.2 Å². The Morgan fingerprint density at radius 1 is 1.02 bits per heavy atom. The average molecular weight is 915 g/mol. The van der Waals surface area contributed by atoms with Gasteiger partial charge in [0.05, 0.1) is 41.7 Å². The second kappa shape index (κ2) is 17.9. The second-order valence-corrected chi connectivity index (χ2v) is 19.6. The quantitative estimate of drug-likeness (QED) is 0.238. The van der Waals surface area contributed by atoms with E-state index in [2.05, 4.69) is 15.0 Å². The maximum atomic E-state index is 14.9. The SMILES string of the molecule is COc1ccc2c(O[C@@H]3C[C@H]4C(=O)N[C@]5(C(=O)NS(=O)(=O)C6CC6)C[C@H]5C=CCCCCC[C@H](CC(=O)N5CCC(C(F)(F)F)CC5)C(=O)N4C3)cc(-c3ccccn3)nc2c1Cl. The van der Waals surface area contributed by atoms with Crippen molar-refractivity contribution in [2.75, 3.05) is 26.7 Å². The fourth-order valence-corrected chi connectivity index (χ4v) is 10.7. The van der Waals surface area contributed by atoms with Crippen molar-refractivity contribution in [3.05, 3.63) is 59.8 Å². The summed E-state index contributed by atoms with van der Waals surface area (Å²) in [7, 11) is -2.49. The minimum Gasteiger partial charge on any atom is -0.495 e. The maximum absolute atomic E-state index is 14.9. The lowest BCUT2D eigenvalue weighted by atomic mass is 9.92. The molecule has 14 nitrogen and oxygen atoms in total. The number of nitrogens with one attached hydrogen (secondary N) is 2. The van der Waals surface area contributed by atoms with Gasteiger partial charge < -0.3 is 24.6 Å². The number of benzene rings is 1. The summed E-state index contributed by atoms with van der Waals surface area (Å²) in [5.41, 5.74) is -0.284. The van der Waals surface area contributed by atoms with Crippen molar-refractivity contribution < 1.29 is 50.2 Å². The predicted octanol–water partition coefficient (Wildman–Crippen LogP) is 6.12. The molecule has 5 atom stereocenters. The van der Waals surface area contributed by atoms with Crippen LogP contribution in [0.4, 0.5) is 13.2 Å². The van der Waals surface area contributed by atoms with Crippen molar-refractivity contribution in [3.63, 3.8) is 0 Å². The van der Waals surface area contributed by atoms with E-state index in [0.717, 1.165) is 6.42 Å². The largest absolute Gasteiger partial charge is 0.495 e. The van der Waals surface area contributed by atoms with Crippen molar-refractivity contribution in [2.24, 2.45) is 17.8 Å². The summed E-state index contributed by atoms with van der Waals surface area (Å²) in [5.74, 6) is -4.70. The van der Waals surface area contributed by atoms with Crippen LogP contribution >= 0.6 is 11.6 Å². The fraction of sp³-hybridized carbons (Fsp3) is 0.545. The smallest absolute Gasteiger partial charge is 0.391 e. The number of likely N-dealkylation sites (tertiary alicyclic amines) is 1. The lowest BCUT2D eigenvalue weighted by Gasteiger charge is -2.34. The van der Waals surface area contributed by atoms with E-state index in [1.165, 1.54) is 16.9 Å². The molecule has 3 aliphatic heterocycles. The zero-order chi connectivity index (χ0) is 44.7. The predicted molar refractivity (Wildman–Crippen MR) is 226 cm³/mol. The number of aromatic nitrogens is 2. The standard InChI is InChI=1S/C44H50ClF3N6O8S/c1-61-35-15-14-31-36(23-33(50-39(31)38(35)45)32-11-7-8-18-49-32)62-29-22-34-40(56)51-43(42(58)52-63(59,60)30-12-13-30)24-28(43)10-6-4-2-3-5-9-26(41(57)54(34)25-29)21-37(55)53-19-16-27(17-20-53)44(46,47)48/h6-8,10-11,14-15,18,23,26-30,34H,2-5,9,12-13,16-17,19-22,24-25H2,1H3,(H,51,56)(H,52,58)/t26-,28-,29-,34+,43-/m1/s1.